The Morgan fingerprint density at radius 1 is 0.500 bits per heavy atom. The molecule has 0 aliphatic heterocycles. The van der Waals surface area contributed by atoms with E-state index in [1.54, 1.807) is 0 Å². The van der Waals surface area contributed by atoms with Crippen LogP contribution in [-0.2, 0) is 5.41 Å². The molecule has 6 aromatic carbocycles. The fourth-order valence-corrected chi connectivity index (χ4v) is 10.3. The summed E-state index contributed by atoms with van der Waals surface area (Å²) in [6.45, 7) is 0. The summed E-state index contributed by atoms with van der Waals surface area (Å²) in [5.41, 5.74) is 10.7. The first-order valence-corrected chi connectivity index (χ1v) is 19.7. The van der Waals surface area contributed by atoms with Crippen LogP contribution < -0.4 is 4.90 Å². The number of hydrogen-bond acceptors (Lipinski definition) is 2. The smallest absolute Gasteiger partial charge is 0.0476 e. The Kier molecular flexibility index (Phi) is 8.50. The lowest BCUT2D eigenvalue weighted by molar-refractivity contribution is 0.346. The normalized spacial score (nSPS) is 16.5. The quantitative estimate of drug-likeness (QED) is 0.163. The molecule has 2 heteroatoms. The average Bonchev–Trinajstić information content (AvgIpc) is 3.58. The molecule has 0 amide bonds. The van der Waals surface area contributed by atoms with Gasteiger partial charge >= 0.3 is 0 Å². The zero-order valence-corrected chi connectivity index (χ0v) is 29.7. The molecule has 1 heterocycles. The molecule has 1 nitrogen and oxygen atoms in total. The summed E-state index contributed by atoms with van der Waals surface area (Å²) in [5, 5.41) is 2.69. The minimum Gasteiger partial charge on any atom is -0.310 e. The van der Waals surface area contributed by atoms with E-state index in [-0.39, 0.29) is 5.41 Å². The molecule has 0 atom stereocenters. The highest BCUT2D eigenvalue weighted by atomic mass is 32.1. The first-order chi connectivity index (χ1) is 24.8. The van der Waals surface area contributed by atoms with Crippen molar-refractivity contribution in [1.29, 1.82) is 0 Å². The van der Waals surface area contributed by atoms with Crippen LogP contribution in [0.15, 0.2) is 146 Å². The molecular formula is C48H45NS. The highest BCUT2D eigenvalue weighted by Crippen LogP contribution is 2.47. The van der Waals surface area contributed by atoms with Gasteiger partial charge in [0, 0.05) is 42.6 Å². The van der Waals surface area contributed by atoms with E-state index in [1.165, 1.54) is 129 Å². The van der Waals surface area contributed by atoms with E-state index in [0.717, 1.165) is 0 Å². The molecule has 248 valence electrons. The summed E-state index contributed by atoms with van der Waals surface area (Å²) in [7, 11) is 0. The molecule has 7 aromatic rings. The third kappa shape index (κ3) is 5.74. The Bertz CT molecular complexity index is 2200. The van der Waals surface area contributed by atoms with Gasteiger partial charge in [0.2, 0.25) is 0 Å². The van der Waals surface area contributed by atoms with Crippen molar-refractivity contribution in [1.82, 2.24) is 0 Å². The van der Waals surface area contributed by atoms with E-state index in [1.807, 2.05) is 11.3 Å². The second-order valence-electron chi connectivity index (χ2n) is 14.6. The molecule has 0 radical (unpaired) electrons. The summed E-state index contributed by atoms with van der Waals surface area (Å²) in [4.78, 5) is 2.48. The van der Waals surface area contributed by atoms with Gasteiger partial charge in [-0.3, -0.25) is 0 Å². The second-order valence-corrected chi connectivity index (χ2v) is 15.7. The topological polar surface area (TPSA) is 3.24 Å². The number of anilines is 3. The maximum atomic E-state index is 2.48. The molecule has 0 N–H and O–H groups in total. The monoisotopic (exact) mass is 667 g/mol. The van der Waals surface area contributed by atoms with Crippen molar-refractivity contribution < 1.29 is 0 Å². The number of thiophene rings is 1. The number of fused-ring (bicyclic) bond motifs is 3. The first kappa shape index (κ1) is 31.3. The van der Waals surface area contributed by atoms with Gasteiger partial charge in [-0.1, -0.05) is 142 Å². The molecule has 2 aliphatic carbocycles. The van der Waals surface area contributed by atoms with Gasteiger partial charge in [0.25, 0.3) is 0 Å². The Morgan fingerprint density at radius 2 is 1.12 bits per heavy atom. The number of nitrogens with zero attached hydrogens (tertiary/aromatic N) is 1. The van der Waals surface area contributed by atoms with Crippen molar-refractivity contribution in [2.24, 2.45) is 0 Å². The van der Waals surface area contributed by atoms with Crippen LogP contribution in [0.5, 0.6) is 0 Å². The molecule has 0 spiro atoms. The maximum absolute atomic E-state index is 2.48. The predicted molar refractivity (Wildman–Crippen MR) is 216 cm³/mol. The summed E-state index contributed by atoms with van der Waals surface area (Å²) >= 11 is 1.91. The lowest BCUT2D eigenvalue weighted by Gasteiger charge is -2.39. The largest absolute Gasteiger partial charge is 0.310 e. The minimum atomic E-state index is 0.0942. The minimum absolute atomic E-state index is 0.0942. The van der Waals surface area contributed by atoms with Crippen LogP contribution in [0.2, 0.25) is 0 Å². The fourth-order valence-electron chi connectivity index (χ4n) is 9.18. The molecule has 50 heavy (non-hydrogen) atoms. The van der Waals surface area contributed by atoms with E-state index in [9.17, 15) is 0 Å². The Balaban J connectivity index is 1.14. The van der Waals surface area contributed by atoms with E-state index in [0.29, 0.717) is 5.92 Å². The number of hydrogen-bond donors (Lipinski definition) is 0. The van der Waals surface area contributed by atoms with E-state index >= 15 is 0 Å². The van der Waals surface area contributed by atoms with Gasteiger partial charge in [0.05, 0.1) is 0 Å². The lowest BCUT2D eigenvalue weighted by atomic mass is 9.65. The van der Waals surface area contributed by atoms with E-state index < -0.39 is 0 Å². The summed E-state index contributed by atoms with van der Waals surface area (Å²) < 4.78 is 2.66. The summed E-state index contributed by atoms with van der Waals surface area (Å²) in [5.74, 6) is 0.698. The van der Waals surface area contributed by atoms with Crippen LogP contribution in [0.3, 0.4) is 0 Å². The van der Waals surface area contributed by atoms with Crippen LogP contribution >= 0.6 is 11.3 Å². The van der Waals surface area contributed by atoms with Crippen molar-refractivity contribution in [2.45, 2.75) is 75.5 Å². The Labute approximate surface area is 301 Å². The first-order valence-electron chi connectivity index (χ1n) is 18.8. The second kappa shape index (κ2) is 13.6. The third-order valence-electron chi connectivity index (χ3n) is 11.8. The number of rotatable bonds is 7. The van der Waals surface area contributed by atoms with Gasteiger partial charge in [-0.25, -0.2) is 0 Å². The van der Waals surface area contributed by atoms with Crippen LogP contribution in [0.1, 0.15) is 86.8 Å². The highest BCUT2D eigenvalue weighted by molar-refractivity contribution is 7.26. The number of benzene rings is 6. The summed E-state index contributed by atoms with van der Waals surface area (Å²) in [6, 6.07) is 55.2. The Hall–Kier alpha value is -4.66. The fraction of sp³-hybridized carbons (Fsp3) is 0.250. The zero-order chi connectivity index (χ0) is 33.3. The van der Waals surface area contributed by atoms with Crippen LogP contribution in [0.25, 0.3) is 31.3 Å². The maximum Gasteiger partial charge on any atom is 0.0476 e. The molecule has 2 saturated carbocycles. The van der Waals surface area contributed by atoms with Crippen molar-refractivity contribution in [3.8, 4) is 11.1 Å². The van der Waals surface area contributed by atoms with Gasteiger partial charge in [-0.15, -0.1) is 11.3 Å². The molecule has 2 fully saturated rings. The molecule has 0 unspecified atom stereocenters. The van der Waals surface area contributed by atoms with Crippen molar-refractivity contribution in [3.05, 3.63) is 162 Å². The Morgan fingerprint density at radius 3 is 1.84 bits per heavy atom. The van der Waals surface area contributed by atoms with Gasteiger partial charge in [-0.05, 0) is 102 Å². The molecule has 1 aromatic heterocycles. The molecule has 0 saturated heterocycles. The van der Waals surface area contributed by atoms with Gasteiger partial charge in [-0.2, -0.15) is 0 Å². The van der Waals surface area contributed by atoms with Crippen LogP contribution in [0.4, 0.5) is 17.1 Å². The molecule has 9 rings (SSSR count). The van der Waals surface area contributed by atoms with Crippen molar-refractivity contribution in [3.63, 3.8) is 0 Å². The van der Waals surface area contributed by atoms with Crippen molar-refractivity contribution in [2.75, 3.05) is 4.90 Å². The van der Waals surface area contributed by atoms with Crippen LogP contribution in [0, 0.1) is 0 Å². The van der Waals surface area contributed by atoms with Crippen molar-refractivity contribution >= 4 is 48.6 Å². The third-order valence-corrected chi connectivity index (χ3v) is 12.9. The average molecular weight is 668 g/mol. The predicted octanol–water partition coefficient (Wildman–Crippen LogP) is 14.5. The zero-order valence-electron chi connectivity index (χ0n) is 28.9. The molecule has 2 aliphatic rings. The van der Waals surface area contributed by atoms with Gasteiger partial charge in [0.1, 0.15) is 0 Å². The molecule has 0 bridgehead atoms. The SMILES string of the molecule is c1ccc(-c2cccc3sc4cc(N(c5ccc(C6CCCCC6)cc5)c5ccc(C6(c7ccccc7)CCCCC6)cc5)ccc4c23)cc1. The van der Waals surface area contributed by atoms with E-state index in [2.05, 4.69) is 150 Å². The standard InChI is InChI=1S/C48H45NS/c1-5-14-35(15-6-1)36-22-26-40(27-23-36)49(41-28-24-39(25-29-41)48(32-11-4-12-33-48)38-18-9-3-10-19-38)42-30-31-44-46(34-42)50-45-21-13-20-43(47(44)45)37-16-7-2-8-17-37/h2-3,7-10,13,16-31,34-35H,1,4-6,11-12,14-15,32-33H2. The lowest BCUT2D eigenvalue weighted by Crippen LogP contribution is -2.30. The van der Waals surface area contributed by atoms with Gasteiger partial charge < -0.3 is 4.90 Å². The van der Waals surface area contributed by atoms with Gasteiger partial charge in [0.15, 0.2) is 0 Å². The molecular weight excluding hydrogens is 623 g/mol. The van der Waals surface area contributed by atoms with E-state index in [4.69, 9.17) is 0 Å². The summed E-state index contributed by atoms with van der Waals surface area (Å²) in [6.07, 6.45) is 13.1. The highest BCUT2D eigenvalue weighted by Gasteiger charge is 2.35. The van der Waals surface area contributed by atoms with Crippen LogP contribution in [-0.4, -0.2) is 0 Å².